The van der Waals surface area contributed by atoms with Crippen molar-refractivity contribution in [1.82, 2.24) is 0 Å². The molecule has 1 aliphatic rings. The van der Waals surface area contributed by atoms with Crippen LogP contribution in [0.3, 0.4) is 0 Å². The van der Waals surface area contributed by atoms with Crippen LogP contribution >= 0.6 is 0 Å². The van der Waals surface area contributed by atoms with Crippen molar-refractivity contribution in [3.05, 3.63) is 29.3 Å². The van der Waals surface area contributed by atoms with Crippen molar-refractivity contribution in [2.24, 2.45) is 5.73 Å². The van der Waals surface area contributed by atoms with Crippen LogP contribution in [-0.2, 0) is 5.41 Å². The third-order valence-corrected chi connectivity index (χ3v) is 3.09. The lowest BCUT2D eigenvalue weighted by atomic mass is 9.94. The molecule has 4 heteroatoms. The molecular formula is C11H13F2NO. The van der Waals surface area contributed by atoms with Gasteiger partial charge >= 0.3 is 0 Å². The summed E-state index contributed by atoms with van der Waals surface area (Å²) in [5.41, 5.74) is 6.00. The molecule has 0 amide bonds. The molecule has 3 N–H and O–H groups in total. The molecule has 0 atom stereocenters. The van der Waals surface area contributed by atoms with Crippen LogP contribution in [0.25, 0.3) is 0 Å². The first-order valence-electron chi connectivity index (χ1n) is 4.91. The van der Waals surface area contributed by atoms with Crippen molar-refractivity contribution in [2.45, 2.75) is 24.7 Å². The molecule has 0 aromatic heterocycles. The highest BCUT2D eigenvalue weighted by molar-refractivity contribution is 5.45. The fourth-order valence-electron chi connectivity index (χ4n) is 1.87. The van der Waals surface area contributed by atoms with Gasteiger partial charge < -0.3 is 10.8 Å². The molecule has 1 aromatic rings. The molecule has 2 nitrogen and oxygen atoms in total. The summed E-state index contributed by atoms with van der Waals surface area (Å²) in [6, 6.07) is 4.06. The standard InChI is InChI=1S/C11H13F2NO/c12-10(13)7-1-2-8(9(15)5-7)11(6-14)3-4-11/h1-2,5,10,15H,3-4,6,14H2. The summed E-state index contributed by atoms with van der Waals surface area (Å²) in [6.45, 7) is 0.453. The molecule has 82 valence electrons. The zero-order chi connectivity index (χ0) is 11.1. The smallest absolute Gasteiger partial charge is 0.263 e. The van der Waals surface area contributed by atoms with Gasteiger partial charge in [0.2, 0.25) is 0 Å². The summed E-state index contributed by atoms with van der Waals surface area (Å²) in [5, 5.41) is 9.66. The fraction of sp³-hybridized carbons (Fsp3) is 0.455. The van der Waals surface area contributed by atoms with E-state index in [4.69, 9.17) is 5.73 Å². The molecular weight excluding hydrogens is 200 g/mol. The van der Waals surface area contributed by atoms with Crippen LogP contribution in [0.4, 0.5) is 8.78 Å². The van der Waals surface area contributed by atoms with E-state index in [0.29, 0.717) is 12.1 Å². The van der Waals surface area contributed by atoms with E-state index < -0.39 is 6.43 Å². The second-order valence-electron chi connectivity index (χ2n) is 4.06. The zero-order valence-electron chi connectivity index (χ0n) is 8.21. The van der Waals surface area contributed by atoms with Gasteiger partial charge in [0.1, 0.15) is 5.75 Å². The maximum atomic E-state index is 12.3. The number of rotatable bonds is 3. The van der Waals surface area contributed by atoms with Gasteiger partial charge in [-0.2, -0.15) is 0 Å². The van der Waals surface area contributed by atoms with E-state index in [2.05, 4.69) is 0 Å². The van der Waals surface area contributed by atoms with E-state index >= 15 is 0 Å². The van der Waals surface area contributed by atoms with Gasteiger partial charge in [-0.3, -0.25) is 0 Å². The van der Waals surface area contributed by atoms with Crippen LogP contribution in [0.15, 0.2) is 18.2 Å². The number of aromatic hydroxyl groups is 1. The lowest BCUT2D eigenvalue weighted by Gasteiger charge is -2.15. The van der Waals surface area contributed by atoms with E-state index in [1.54, 1.807) is 6.07 Å². The van der Waals surface area contributed by atoms with Gasteiger partial charge in [-0.15, -0.1) is 0 Å². The van der Waals surface area contributed by atoms with E-state index in [1.165, 1.54) is 6.07 Å². The molecule has 2 rings (SSSR count). The van der Waals surface area contributed by atoms with Crippen molar-refractivity contribution in [3.63, 3.8) is 0 Å². The van der Waals surface area contributed by atoms with Gasteiger partial charge in [0.15, 0.2) is 0 Å². The van der Waals surface area contributed by atoms with Gasteiger partial charge in [0, 0.05) is 23.1 Å². The van der Waals surface area contributed by atoms with Crippen molar-refractivity contribution < 1.29 is 13.9 Å². The Kier molecular flexibility index (Phi) is 2.38. The van der Waals surface area contributed by atoms with Crippen LogP contribution in [0.5, 0.6) is 5.75 Å². The van der Waals surface area contributed by atoms with Crippen molar-refractivity contribution in [3.8, 4) is 5.75 Å². The van der Waals surface area contributed by atoms with Crippen LogP contribution in [-0.4, -0.2) is 11.7 Å². The third-order valence-electron chi connectivity index (χ3n) is 3.09. The number of hydrogen-bond donors (Lipinski definition) is 2. The van der Waals surface area contributed by atoms with Gasteiger partial charge in [-0.25, -0.2) is 8.78 Å². The SMILES string of the molecule is NCC1(c2ccc(C(F)F)cc2O)CC1. The molecule has 0 bridgehead atoms. The number of phenolic OH excluding ortho intramolecular Hbond substituents is 1. The van der Waals surface area contributed by atoms with Gasteiger partial charge in [0.05, 0.1) is 0 Å². The summed E-state index contributed by atoms with van der Waals surface area (Å²) < 4.78 is 24.7. The Balaban J connectivity index is 2.35. The molecule has 0 radical (unpaired) electrons. The topological polar surface area (TPSA) is 46.2 Å². The highest BCUT2D eigenvalue weighted by atomic mass is 19.3. The third kappa shape index (κ3) is 1.69. The highest BCUT2D eigenvalue weighted by Crippen LogP contribution is 2.50. The molecule has 1 fully saturated rings. The predicted octanol–water partition coefficient (Wildman–Crippen LogP) is 2.32. The molecule has 1 aromatic carbocycles. The van der Waals surface area contributed by atoms with Crippen LogP contribution in [0.2, 0.25) is 0 Å². The summed E-state index contributed by atoms with van der Waals surface area (Å²) in [6.07, 6.45) is -0.700. The van der Waals surface area contributed by atoms with E-state index in [1.807, 2.05) is 0 Å². The highest BCUT2D eigenvalue weighted by Gasteiger charge is 2.44. The minimum atomic E-state index is -2.54. The Morgan fingerprint density at radius 2 is 2.07 bits per heavy atom. The van der Waals surface area contributed by atoms with Crippen LogP contribution in [0.1, 0.15) is 30.4 Å². The minimum absolute atomic E-state index is 0.0595. The average molecular weight is 213 g/mol. The summed E-state index contributed by atoms with van der Waals surface area (Å²) in [5.74, 6) is -0.0595. The molecule has 0 unspecified atom stereocenters. The summed E-state index contributed by atoms with van der Waals surface area (Å²) >= 11 is 0. The quantitative estimate of drug-likeness (QED) is 0.809. The van der Waals surface area contributed by atoms with E-state index in [-0.39, 0.29) is 16.7 Å². The molecule has 1 aliphatic carbocycles. The first kappa shape index (κ1) is 10.4. The van der Waals surface area contributed by atoms with E-state index in [9.17, 15) is 13.9 Å². The number of halogens is 2. The second kappa shape index (κ2) is 3.45. The molecule has 0 saturated heterocycles. The zero-order valence-corrected chi connectivity index (χ0v) is 8.21. The monoisotopic (exact) mass is 213 g/mol. The van der Waals surface area contributed by atoms with Crippen LogP contribution in [0, 0.1) is 0 Å². The van der Waals surface area contributed by atoms with Gasteiger partial charge in [-0.1, -0.05) is 12.1 Å². The Morgan fingerprint density at radius 3 is 2.47 bits per heavy atom. The van der Waals surface area contributed by atoms with Crippen LogP contribution < -0.4 is 5.73 Å². The number of nitrogens with two attached hydrogens (primary N) is 1. The molecule has 15 heavy (non-hydrogen) atoms. The fourth-order valence-corrected chi connectivity index (χ4v) is 1.87. The Bertz CT molecular complexity index is 375. The Morgan fingerprint density at radius 1 is 1.40 bits per heavy atom. The van der Waals surface area contributed by atoms with Gasteiger partial charge in [-0.05, 0) is 18.9 Å². The molecule has 0 spiro atoms. The summed E-state index contributed by atoms with van der Waals surface area (Å²) in [7, 11) is 0. The van der Waals surface area contributed by atoms with Gasteiger partial charge in [0.25, 0.3) is 6.43 Å². The first-order valence-corrected chi connectivity index (χ1v) is 4.91. The predicted molar refractivity (Wildman–Crippen MR) is 53.0 cm³/mol. The normalized spacial score (nSPS) is 18.1. The first-order chi connectivity index (χ1) is 7.09. The molecule has 0 aliphatic heterocycles. The Hall–Kier alpha value is -1.16. The minimum Gasteiger partial charge on any atom is -0.508 e. The maximum absolute atomic E-state index is 12.3. The maximum Gasteiger partial charge on any atom is 0.263 e. The summed E-state index contributed by atoms with van der Waals surface area (Å²) in [4.78, 5) is 0. The average Bonchev–Trinajstić information content (AvgIpc) is 2.98. The lowest BCUT2D eigenvalue weighted by molar-refractivity contribution is 0.151. The van der Waals surface area contributed by atoms with E-state index in [0.717, 1.165) is 18.9 Å². The Labute approximate surface area is 86.7 Å². The largest absolute Gasteiger partial charge is 0.508 e. The van der Waals surface area contributed by atoms with Crippen molar-refractivity contribution >= 4 is 0 Å². The number of hydrogen-bond acceptors (Lipinski definition) is 2. The molecule has 0 heterocycles. The lowest BCUT2D eigenvalue weighted by Crippen LogP contribution is -2.19. The van der Waals surface area contributed by atoms with Crippen molar-refractivity contribution in [1.29, 1.82) is 0 Å². The number of benzene rings is 1. The molecule has 1 saturated carbocycles. The van der Waals surface area contributed by atoms with Crippen molar-refractivity contribution in [2.75, 3.05) is 6.54 Å². The second-order valence-corrected chi connectivity index (χ2v) is 4.06. The number of alkyl halides is 2. The number of phenols is 1.